The Kier molecular flexibility index (Phi) is 2.34. The van der Waals surface area contributed by atoms with Crippen molar-refractivity contribution in [3.63, 3.8) is 0 Å². The summed E-state index contributed by atoms with van der Waals surface area (Å²) in [5, 5.41) is 0. The van der Waals surface area contributed by atoms with Crippen LogP contribution in [0.5, 0.6) is 5.75 Å². The zero-order valence-electron chi connectivity index (χ0n) is 11.7. The molecule has 1 unspecified atom stereocenters. The van der Waals surface area contributed by atoms with Crippen molar-refractivity contribution in [1.82, 2.24) is 0 Å². The molecular weight excluding hydrogens is 240 g/mol. The summed E-state index contributed by atoms with van der Waals surface area (Å²) < 4.78 is 11.3. The lowest BCUT2D eigenvalue weighted by atomic mass is 9.68. The van der Waals surface area contributed by atoms with Gasteiger partial charge in [0.05, 0.1) is 0 Å². The van der Waals surface area contributed by atoms with E-state index in [1.807, 2.05) is 13.0 Å². The van der Waals surface area contributed by atoms with Crippen LogP contribution in [0.25, 0.3) is 6.08 Å². The van der Waals surface area contributed by atoms with Gasteiger partial charge >= 0.3 is 5.63 Å². The third kappa shape index (κ3) is 1.76. The molecule has 0 amide bonds. The van der Waals surface area contributed by atoms with Crippen LogP contribution in [0, 0.1) is 12.3 Å². The molecule has 3 rings (SSSR count). The molecule has 0 spiro atoms. The molecule has 1 aliphatic heterocycles. The van der Waals surface area contributed by atoms with E-state index in [1.54, 1.807) is 13.0 Å². The molecule has 100 valence electrons. The molecule has 0 radical (unpaired) electrons. The minimum Gasteiger partial charge on any atom is -0.478 e. The summed E-state index contributed by atoms with van der Waals surface area (Å²) in [6.07, 6.45) is 7.13. The molecule has 19 heavy (non-hydrogen) atoms. The molecule has 0 saturated carbocycles. The number of fused-ring (bicyclic) bond motifs is 2. The second-order valence-corrected chi connectivity index (χ2v) is 6.18. The van der Waals surface area contributed by atoms with Crippen LogP contribution in [0.3, 0.4) is 0 Å². The van der Waals surface area contributed by atoms with Gasteiger partial charge in [-0.3, -0.25) is 0 Å². The molecule has 0 fully saturated rings. The normalized spacial score (nSPS) is 27.1. The molecule has 3 heteroatoms. The first-order chi connectivity index (χ1) is 8.82. The third-order valence-electron chi connectivity index (χ3n) is 4.01. The Morgan fingerprint density at radius 2 is 2.00 bits per heavy atom. The van der Waals surface area contributed by atoms with Gasteiger partial charge in [-0.15, -0.1) is 0 Å². The Morgan fingerprint density at radius 1 is 1.26 bits per heavy atom. The maximum atomic E-state index is 12.0. The predicted octanol–water partition coefficient (Wildman–Crippen LogP) is 3.47. The molecule has 1 atom stereocenters. The van der Waals surface area contributed by atoms with Crippen LogP contribution >= 0.6 is 0 Å². The zero-order valence-corrected chi connectivity index (χ0v) is 11.7. The first-order valence-corrected chi connectivity index (χ1v) is 6.56. The molecule has 3 nitrogen and oxygen atoms in total. The second-order valence-electron chi connectivity index (χ2n) is 6.18. The number of allylic oxidation sites excluding steroid dienone is 1. The van der Waals surface area contributed by atoms with Crippen LogP contribution in [0.2, 0.25) is 0 Å². The van der Waals surface area contributed by atoms with Crippen LogP contribution in [0.1, 0.15) is 38.5 Å². The molecule has 1 aliphatic carbocycles. The Labute approximate surface area is 112 Å². The van der Waals surface area contributed by atoms with E-state index in [1.165, 1.54) is 0 Å². The van der Waals surface area contributed by atoms with E-state index < -0.39 is 5.60 Å². The van der Waals surface area contributed by atoms with Crippen LogP contribution in [0.15, 0.2) is 33.0 Å². The first-order valence-electron chi connectivity index (χ1n) is 6.56. The quantitative estimate of drug-likeness (QED) is 0.669. The summed E-state index contributed by atoms with van der Waals surface area (Å²) >= 11 is 0. The Hall–Kier alpha value is -1.77. The average molecular weight is 258 g/mol. The molecule has 0 N–H and O–H groups in total. The van der Waals surface area contributed by atoms with E-state index in [0.717, 1.165) is 12.0 Å². The maximum Gasteiger partial charge on any atom is 0.346 e. The fourth-order valence-electron chi connectivity index (χ4n) is 3.06. The standard InChI is InChI=1S/C16H18O3/c1-10-8-12-11(14(17)18-10)9-13-15(2,3)6-5-7-16(13,4)19-12/h5,7-9H,6H2,1-4H3. The van der Waals surface area contributed by atoms with Gasteiger partial charge in [-0.2, -0.15) is 0 Å². The number of hydrogen-bond donors (Lipinski definition) is 0. The Bertz CT molecular complexity index is 661. The summed E-state index contributed by atoms with van der Waals surface area (Å²) in [6.45, 7) is 8.14. The van der Waals surface area contributed by atoms with Gasteiger partial charge in [0.15, 0.2) is 0 Å². The van der Waals surface area contributed by atoms with Gasteiger partial charge in [0.1, 0.15) is 22.7 Å². The van der Waals surface area contributed by atoms with E-state index in [-0.39, 0.29) is 11.0 Å². The summed E-state index contributed by atoms with van der Waals surface area (Å²) in [5.41, 5.74) is 0.857. The van der Waals surface area contributed by atoms with Gasteiger partial charge in [0.25, 0.3) is 0 Å². The fraction of sp³-hybridized carbons (Fsp3) is 0.438. The minimum absolute atomic E-state index is 0.0154. The van der Waals surface area contributed by atoms with Crippen molar-refractivity contribution in [2.24, 2.45) is 5.41 Å². The lowest BCUT2D eigenvalue weighted by molar-refractivity contribution is 0.137. The SMILES string of the molecule is Cc1cc2c(c(=O)o1)C=C1C(C)(C)CC=CC1(C)O2. The molecule has 0 aromatic carbocycles. The van der Waals surface area contributed by atoms with Crippen molar-refractivity contribution >= 4 is 6.08 Å². The Morgan fingerprint density at radius 3 is 2.74 bits per heavy atom. The van der Waals surface area contributed by atoms with Crippen molar-refractivity contribution in [2.75, 3.05) is 0 Å². The summed E-state index contributed by atoms with van der Waals surface area (Å²) in [7, 11) is 0. The topological polar surface area (TPSA) is 39.4 Å². The fourth-order valence-corrected chi connectivity index (χ4v) is 3.06. The average Bonchev–Trinajstić information content (AvgIpc) is 2.25. The van der Waals surface area contributed by atoms with Crippen molar-refractivity contribution in [2.45, 2.75) is 39.7 Å². The lowest BCUT2D eigenvalue weighted by Crippen LogP contribution is -2.43. The molecule has 2 aliphatic rings. The maximum absolute atomic E-state index is 12.0. The minimum atomic E-state index is -0.463. The van der Waals surface area contributed by atoms with Crippen LogP contribution in [0.4, 0.5) is 0 Å². The molecule has 1 aromatic heterocycles. The van der Waals surface area contributed by atoms with Gasteiger partial charge in [-0.1, -0.05) is 19.9 Å². The number of rotatable bonds is 0. The van der Waals surface area contributed by atoms with Crippen molar-refractivity contribution in [3.05, 3.63) is 45.5 Å². The highest BCUT2D eigenvalue weighted by Gasteiger charge is 2.43. The molecular formula is C16H18O3. The van der Waals surface area contributed by atoms with E-state index in [2.05, 4.69) is 26.0 Å². The molecule has 0 saturated heterocycles. The molecule has 1 aromatic rings. The van der Waals surface area contributed by atoms with Gasteiger partial charge in [0, 0.05) is 6.07 Å². The van der Waals surface area contributed by atoms with Gasteiger partial charge < -0.3 is 9.15 Å². The van der Waals surface area contributed by atoms with E-state index in [0.29, 0.717) is 17.1 Å². The highest BCUT2D eigenvalue weighted by Crippen LogP contribution is 2.48. The number of aryl methyl sites for hydroxylation is 1. The highest BCUT2D eigenvalue weighted by molar-refractivity contribution is 5.66. The van der Waals surface area contributed by atoms with Crippen LogP contribution in [-0.2, 0) is 0 Å². The van der Waals surface area contributed by atoms with Gasteiger partial charge in [-0.05, 0) is 43.4 Å². The largest absolute Gasteiger partial charge is 0.478 e. The summed E-state index contributed by atoms with van der Waals surface area (Å²) in [4.78, 5) is 12.0. The van der Waals surface area contributed by atoms with Crippen molar-refractivity contribution in [1.29, 1.82) is 0 Å². The molecule has 0 bridgehead atoms. The van der Waals surface area contributed by atoms with E-state index in [9.17, 15) is 4.79 Å². The van der Waals surface area contributed by atoms with E-state index in [4.69, 9.17) is 9.15 Å². The zero-order chi connectivity index (χ0) is 13.8. The van der Waals surface area contributed by atoms with E-state index >= 15 is 0 Å². The Balaban J connectivity index is 2.28. The van der Waals surface area contributed by atoms with Crippen LogP contribution < -0.4 is 10.4 Å². The predicted molar refractivity (Wildman–Crippen MR) is 74.3 cm³/mol. The third-order valence-corrected chi connectivity index (χ3v) is 4.01. The van der Waals surface area contributed by atoms with Gasteiger partial charge in [-0.25, -0.2) is 4.79 Å². The smallest absolute Gasteiger partial charge is 0.346 e. The first kappa shape index (κ1) is 12.3. The monoisotopic (exact) mass is 258 g/mol. The van der Waals surface area contributed by atoms with Gasteiger partial charge in [0.2, 0.25) is 0 Å². The van der Waals surface area contributed by atoms with Crippen LogP contribution in [-0.4, -0.2) is 5.60 Å². The number of hydrogen-bond acceptors (Lipinski definition) is 3. The number of ether oxygens (including phenoxy) is 1. The van der Waals surface area contributed by atoms with Crippen molar-refractivity contribution < 1.29 is 9.15 Å². The summed E-state index contributed by atoms with van der Waals surface area (Å²) in [6, 6.07) is 1.78. The van der Waals surface area contributed by atoms with Crippen molar-refractivity contribution in [3.8, 4) is 5.75 Å². The molecule has 2 heterocycles. The summed E-state index contributed by atoms with van der Waals surface area (Å²) in [5.74, 6) is 1.19. The highest BCUT2D eigenvalue weighted by atomic mass is 16.5. The second kappa shape index (κ2) is 3.62. The lowest BCUT2D eigenvalue weighted by Gasteiger charge is -2.44.